The molecule has 21 heteroatoms. The highest BCUT2D eigenvalue weighted by Gasteiger charge is 2.27. The van der Waals surface area contributed by atoms with Gasteiger partial charge in [-0.1, -0.05) is 176 Å². The van der Waals surface area contributed by atoms with Crippen molar-refractivity contribution < 1.29 is 63.5 Å². The summed E-state index contributed by atoms with van der Waals surface area (Å²) in [6.45, 7) is 0. The standard InChI is InChI=1S/C31H24N2O4.C29H24N2O3.2C23H16N2O3/c34-20-14-25(35)30(26(36)15-20)31-32-24(16-27(33-31)37-21-6-1-2-7-21)22-12-10-19-9-8-17-4-3-5-18-11-13-23(22)29(19)28(17)18;32-25-14-7-15-26(33)28(25)29-30-24(17-27(31-29)34-19-9-2-3-10-19)23-16-18-8-1-4-11-20(18)21-12-5-6-13-22(21)23;1-27-22-13-18(24-23(25-22)17-7-2-4-8-19(17)26)14-10-11-16-15-6-3-5-9-20(15)28-21(16)12-14;1-27-22-13-18(24-23(25-22)16-7-2-4-8-19(16)26)14-10-11-21-17(12-14)15-6-3-5-9-20(15)28-21/h3-5,8-16,21,34-36H,1-2,6-7H2;1,4-8,11-17,19,32-33H,2-3,9-10H2;2*2-13,26H,1H3. The Morgan fingerprint density at radius 1 is 0.260 bits per heavy atom. The van der Waals surface area contributed by atoms with Gasteiger partial charge in [0.05, 0.1) is 48.1 Å². The minimum atomic E-state index is -0.308. The van der Waals surface area contributed by atoms with Crippen LogP contribution in [0.1, 0.15) is 51.4 Å². The number of nitrogens with zero attached hydrogens (tertiary/aromatic N) is 8. The van der Waals surface area contributed by atoms with Crippen molar-refractivity contribution in [3.63, 3.8) is 0 Å². The summed E-state index contributed by atoms with van der Waals surface area (Å²) in [4.78, 5) is 36.9. The highest BCUT2D eigenvalue weighted by Crippen LogP contribution is 2.47. The summed E-state index contributed by atoms with van der Waals surface area (Å²) in [5.74, 6) is 2.10. The van der Waals surface area contributed by atoms with Crippen molar-refractivity contribution in [2.45, 2.75) is 63.6 Å². The Labute approximate surface area is 726 Å². The Bertz CT molecular complexity index is 7730. The summed E-state index contributed by atoms with van der Waals surface area (Å²) in [6.07, 6.45) is 8.61. The molecule has 127 heavy (non-hydrogen) atoms. The predicted molar refractivity (Wildman–Crippen MR) is 495 cm³/mol. The lowest BCUT2D eigenvalue weighted by atomic mass is 9.91. The van der Waals surface area contributed by atoms with E-state index in [1.807, 2.05) is 133 Å². The molecule has 6 aromatic heterocycles. The van der Waals surface area contributed by atoms with E-state index in [4.69, 9.17) is 37.7 Å². The van der Waals surface area contributed by atoms with E-state index in [0.29, 0.717) is 69.1 Å². The third kappa shape index (κ3) is 15.7. The summed E-state index contributed by atoms with van der Waals surface area (Å²) in [5, 5.41) is 88.0. The highest BCUT2D eigenvalue weighted by atomic mass is 16.5. The molecule has 0 aliphatic heterocycles. The van der Waals surface area contributed by atoms with Crippen LogP contribution < -0.4 is 18.9 Å². The van der Waals surface area contributed by atoms with E-state index >= 15 is 0 Å². The molecule has 21 nitrogen and oxygen atoms in total. The molecule has 2 aliphatic rings. The van der Waals surface area contributed by atoms with Crippen molar-refractivity contribution in [1.29, 1.82) is 0 Å². The van der Waals surface area contributed by atoms with Gasteiger partial charge in [-0.2, -0.15) is 19.9 Å². The summed E-state index contributed by atoms with van der Waals surface area (Å²) in [6, 6.07) is 93.8. The van der Waals surface area contributed by atoms with Crippen LogP contribution in [0.15, 0.2) is 306 Å². The first-order chi connectivity index (χ1) is 62.2. The Morgan fingerprint density at radius 2 is 0.669 bits per heavy atom. The van der Waals surface area contributed by atoms with Crippen LogP contribution in [0.3, 0.4) is 0 Å². The number of furan rings is 2. The third-order valence-electron chi connectivity index (χ3n) is 23.4. The van der Waals surface area contributed by atoms with E-state index in [1.54, 1.807) is 68.8 Å². The van der Waals surface area contributed by atoms with Crippen LogP contribution in [0.2, 0.25) is 0 Å². The predicted octanol–water partition coefficient (Wildman–Crippen LogP) is 24.8. The second-order valence-electron chi connectivity index (χ2n) is 31.5. The Kier molecular flexibility index (Phi) is 21.0. The first kappa shape index (κ1) is 79.1. The van der Waals surface area contributed by atoms with Gasteiger partial charge in [0.15, 0.2) is 23.3 Å². The van der Waals surface area contributed by atoms with Crippen LogP contribution in [0, 0.1) is 0 Å². The minimum Gasteiger partial charge on any atom is -0.508 e. The van der Waals surface area contributed by atoms with Crippen molar-refractivity contribution in [1.82, 2.24) is 39.9 Å². The summed E-state index contributed by atoms with van der Waals surface area (Å²) in [7, 11) is 3.12. The molecule has 0 unspecified atom stereocenters. The molecule has 0 amide bonds. The first-order valence-electron chi connectivity index (χ1n) is 41.9. The molecular formula is C106H80N8O13. The summed E-state index contributed by atoms with van der Waals surface area (Å²) < 4.78 is 35.2. The number of phenolic OH excluding ortho intramolecular Hbond substituents is 7. The molecule has 0 bridgehead atoms. The normalized spacial score (nSPS) is 12.9. The number of aromatic hydroxyl groups is 7. The molecule has 0 saturated heterocycles. The van der Waals surface area contributed by atoms with Gasteiger partial charge in [0, 0.05) is 80.2 Å². The second kappa shape index (κ2) is 33.8. The number of para-hydroxylation sites is 4. The largest absolute Gasteiger partial charge is 0.508 e. The van der Waals surface area contributed by atoms with Gasteiger partial charge < -0.3 is 63.5 Å². The van der Waals surface area contributed by atoms with Crippen LogP contribution in [-0.4, -0.2) is 102 Å². The van der Waals surface area contributed by atoms with Gasteiger partial charge in [0.2, 0.25) is 23.5 Å². The molecule has 0 radical (unpaired) electrons. The molecule has 2 saturated carbocycles. The van der Waals surface area contributed by atoms with Crippen molar-refractivity contribution in [3.05, 3.63) is 297 Å². The molecule has 2 aliphatic carbocycles. The average molecular weight is 1670 g/mol. The summed E-state index contributed by atoms with van der Waals surface area (Å²) in [5.41, 5.74) is 11.0. The second-order valence-corrected chi connectivity index (χ2v) is 31.5. The number of methoxy groups -OCH3 is 2. The quantitative estimate of drug-likeness (QED) is 0.0498. The number of hydrogen-bond donors (Lipinski definition) is 7. The van der Waals surface area contributed by atoms with Crippen molar-refractivity contribution in [3.8, 4) is 154 Å². The zero-order valence-corrected chi connectivity index (χ0v) is 68.8. The lowest BCUT2D eigenvalue weighted by Gasteiger charge is -2.17. The number of ether oxygens (including phenoxy) is 4. The van der Waals surface area contributed by atoms with Crippen LogP contribution in [0.4, 0.5) is 0 Å². The smallest absolute Gasteiger partial charge is 0.217 e. The molecular weight excluding hydrogens is 1590 g/mol. The molecule has 0 atom stereocenters. The van der Waals surface area contributed by atoms with Crippen molar-refractivity contribution in [2.75, 3.05) is 14.2 Å². The molecule has 0 spiro atoms. The van der Waals surface area contributed by atoms with E-state index in [2.05, 4.69) is 115 Å². The van der Waals surface area contributed by atoms with E-state index in [-0.39, 0.29) is 75.2 Å². The fourth-order valence-electron chi connectivity index (χ4n) is 17.3. The lowest BCUT2D eigenvalue weighted by Crippen LogP contribution is -2.12. The first-order valence-corrected chi connectivity index (χ1v) is 41.9. The van der Waals surface area contributed by atoms with Crippen LogP contribution >= 0.6 is 0 Å². The number of rotatable bonds is 14. The van der Waals surface area contributed by atoms with Gasteiger partial charge in [-0.3, -0.25) is 0 Å². The molecule has 2 fully saturated rings. The van der Waals surface area contributed by atoms with Gasteiger partial charge >= 0.3 is 0 Å². The van der Waals surface area contributed by atoms with Crippen molar-refractivity contribution in [2.24, 2.45) is 0 Å². The zero-order valence-electron chi connectivity index (χ0n) is 68.8. The molecule has 23 rings (SSSR count). The van der Waals surface area contributed by atoms with Gasteiger partial charge in [-0.25, -0.2) is 19.9 Å². The van der Waals surface area contributed by atoms with E-state index in [1.165, 1.54) is 51.2 Å². The highest BCUT2D eigenvalue weighted by molar-refractivity contribution is 6.25. The SMILES string of the molecule is COc1cc(-c2ccc3c(c2)oc2ccccc23)nc(-c2ccccc2O)n1.COc1cc(-c2ccc3oc4ccccc4c3c2)nc(-c2ccccc2O)n1.Oc1cc(O)c(-c2nc(OC3CCCC3)cc(-c3ccc4ccc5cccc6ccc3c4c56)n2)c(O)c1.Oc1cccc(O)c1-c1nc(OC2CCCC2)cc(-c2cc3ccccc3c3ccccc23)n1. The van der Waals surface area contributed by atoms with Gasteiger partial charge in [-0.05, 0) is 190 Å². The fraction of sp³-hybridized carbons (Fsp3) is 0.113. The van der Waals surface area contributed by atoms with E-state index in [0.717, 1.165) is 144 Å². The van der Waals surface area contributed by atoms with E-state index < -0.39 is 0 Å². The molecule has 6 heterocycles. The van der Waals surface area contributed by atoms with Crippen LogP contribution in [0.25, 0.3) is 188 Å². The number of phenols is 7. The Morgan fingerprint density at radius 3 is 1.26 bits per heavy atom. The summed E-state index contributed by atoms with van der Waals surface area (Å²) >= 11 is 0. The lowest BCUT2D eigenvalue weighted by molar-refractivity contribution is 0.201. The number of benzene rings is 15. The van der Waals surface area contributed by atoms with Crippen LogP contribution in [-0.2, 0) is 0 Å². The number of hydrogen-bond acceptors (Lipinski definition) is 21. The molecule has 622 valence electrons. The van der Waals surface area contributed by atoms with E-state index in [9.17, 15) is 35.7 Å². The monoisotopic (exact) mass is 1670 g/mol. The topological polar surface area (TPSA) is 308 Å². The maximum atomic E-state index is 10.6. The molecule has 21 aromatic rings. The average Bonchev–Trinajstić information content (AvgIpc) is 1.45. The van der Waals surface area contributed by atoms with Gasteiger partial charge in [-0.15, -0.1) is 0 Å². The maximum absolute atomic E-state index is 10.6. The van der Waals surface area contributed by atoms with Crippen molar-refractivity contribution >= 4 is 97.7 Å². The Hall–Kier alpha value is -16.4. The number of fused-ring (bicyclic) bond motifs is 9. The minimum absolute atomic E-state index is 0.0497. The third-order valence-corrected chi connectivity index (χ3v) is 23.4. The van der Waals surface area contributed by atoms with Crippen LogP contribution in [0.5, 0.6) is 63.8 Å². The molecule has 15 aromatic carbocycles. The zero-order chi connectivity index (χ0) is 86.3. The van der Waals surface area contributed by atoms with Gasteiger partial charge in [0.25, 0.3) is 0 Å². The van der Waals surface area contributed by atoms with Gasteiger partial charge in [0.1, 0.15) is 85.9 Å². The maximum Gasteiger partial charge on any atom is 0.217 e. The Balaban J connectivity index is 0.000000107. The number of aromatic nitrogens is 8. The molecule has 7 N–H and O–H groups in total. The fourth-order valence-corrected chi connectivity index (χ4v) is 17.3.